The van der Waals surface area contributed by atoms with Crippen molar-refractivity contribution in [3.63, 3.8) is 0 Å². The monoisotopic (exact) mass is 400 g/mol. The number of fused-ring (bicyclic) bond motifs is 1. The van der Waals surface area contributed by atoms with Gasteiger partial charge in [-0.05, 0) is 19.4 Å². The van der Waals surface area contributed by atoms with E-state index in [1.807, 2.05) is 13.8 Å². The Morgan fingerprint density at radius 2 is 2.00 bits per heavy atom. The molecule has 1 heterocycles. The van der Waals surface area contributed by atoms with Crippen molar-refractivity contribution in [1.29, 1.82) is 0 Å². The summed E-state index contributed by atoms with van der Waals surface area (Å²) in [6.07, 6.45) is 0.839. The van der Waals surface area contributed by atoms with Gasteiger partial charge in [-0.15, -0.1) is 0 Å². The first-order valence-electron chi connectivity index (χ1n) is 8.92. The van der Waals surface area contributed by atoms with Gasteiger partial charge in [0.25, 0.3) is 0 Å². The molecule has 1 amide bonds. The molecule has 1 aromatic rings. The second-order valence-corrected chi connectivity index (χ2v) is 6.45. The first-order valence-corrected chi connectivity index (χ1v) is 8.92. The third-order valence-corrected chi connectivity index (χ3v) is 4.08. The third kappa shape index (κ3) is 6.14. The number of nitrogens with one attached hydrogen (secondary N) is 2. The lowest BCUT2D eigenvalue weighted by molar-refractivity contribution is -0.127. The Bertz CT molecular complexity index is 713. The number of hydrogen-bond acceptors (Lipinski definition) is 5. The standard InChI is InChI=1S/C18H26F2N4O4/c1-5-11(2)23-18(22-9-16(25)24(3)4)21-8-12-6-14-15(27-10-26-14)7-13(12)28-17(19)20/h6-7,11,17H,5,8-10H2,1-4H3,(H2,21,22,23). The van der Waals surface area contributed by atoms with Crippen molar-refractivity contribution in [2.75, 3.05) is 27.4 Å². The molecule has 0 fully saturated rings. The minimum absolute atomic E-state index is 0.0190. The highest BCUT2D eigenvalue weighted by molar-refractivity contribution is 5.86. The first kappa shape index (κ1) is 21.5. The highest BCUT2D eigenvalue weighted by atomic mass is 19.3. The number of ether oxygens (including phenoxy) is 3. The Morgan fingerprint density at radius 3 is 2.61 bits per heavy atom. The second-order valence-electron chi connectivity index (χ2n) is 6.45. The molecule has 8 nitrogen and oxygen atoms in total. The van der Waals surface area contributed by atoms with Crippen molar-refractivity contribution in [1.82, 2.24) is 15.5 Å². The van der Waals surface area contributed by atoms with E-state index in [2.05, 4.69) is 20.4 Å². The number of likely N-dealkylation sites (N-methyl/N-ethyl adjacent to an activating group) is 1. The summed E-state index contributed by atoms with van der Waals surface area (Å²) in [5.41, 5.74) is 0.411. The first-order chi connectivity index (χ1) is 13.3. The van der Waals surface area contributed by atoms with Crippen molar-refractivity contribution in [3.8, 4) is 17.2 Å². The fourth-order valence-corrected chi connectivity index (χ4v) is 2.26. The number of aliphatic imine (C=N–C) groups is 1. The number of benzene rings is 1. The summed E-state index contributed by atoms with van der Waals surface area (Å²) in [5.74, 6) is 1.03. The Hall–Kier alpha value is -2.78. The molecule has 0 radical (unpaired) electrons. The summed E-state index contributed by atoms with van der Waals surface area (Å²) >= 11 is 0. The lowest BCUT2D eigenvalue weighted by Crippen LogP contribution is -2.45. The molecule has 0 spiro atoms. The van der Waals surface area contributed by atoms with Gasteiger partial charge in [0.1, 0.15) is 5.75 Å². The number of carbonyl (C=O) groups excluding carboxylic acids is 1. The van der Waals surface area contributed by atoms with Crippen molar-refractivity contribution < 1.29 is 27.8 Å². The van der Waals surface area contributed by atoms with Gasteiger partial charge in [0, 0.05) is 31.8 Å². The summed E-state index contributed by atoms with van der Waals surface area (Å²) in [7, 11) is 3.31. The van der Waals surface area contributed by atoms with Gasteiger partial charge in [0.15, 0.2) is 17.5 Å². The molecule has 1 aliphatic heterocycles. The maximum Gasteiger partial charge on any atom is 0.387 e. The van der Waals surface area contributed by atoms with Crippen LogP contribution in [0.5, 0.6) is 17.2 Å². The van der Waals surface area contributed by atoms with Crippen LogP contribution in [-0.2, 0) is 11.3 Å². The Balaban J connectivity index is 2.20. The van der Waals surface area contributed by atoms with Crippen LogP contribution in [0.25, 0.3) is 0 Å². The van der Waals surface area contributed by atoms with Crippen LogP contribution in [0.4, 0.5) is 8.78 Å². The zero-order valence-electron chi connectivity index (χ0n) is 16.4. The van der Waals surface area contributed by atoms with Crippen molar-refractivity contribution in [3.05, 3.63) is 17.7 Å². The second kappa shape index (κ2) is 9.95. The predicted octanol–water partition coefficient (Wildman–Crippen LogP) is 1.94. The summed E-state index contributed by atoms with van der Waals surface area (Å²) in [5, 5.41) is 6.12. The van der Waals surface area contributed by atoms with Gasteiger partial charge in [0.2, 0.25) is 12.7 Å². The van der Waals surface area contributed by atoms with E-state index in [0.29, 0.717) is 23.0 Å². The van der Waals surface area contributed by atoms with Crippen LogP contribution in [0, 0.1) is 0 Å². The zero-order valence-corrected chi connectivity index (χ0v) is 16.4. The number of amides is 1. The average Bonchev–Trinajstić information content (AvgIpc) is 3.09. The predicted molar refractivity (Wildman–Crippen MR) is 99.9 cm³/mol. The maximum absolute atomic E-state index is 12.8. The Morgan fingerprint density at radius 1 is 1.32 bits per heavy atom. The number of nitrogens with zero attached hydrogens (tertiary/aromatic N) is 2. The van der Waals surface area contributed by atoms with Crippen molar-refractivity contribution in [2.45, 2.75) is 39.5 Å². The van der Waals surface area contributed by atoms with E-state index in [4.69, 9.17) is 9.47 Å². The molecule has 0 saturated carbocycles. The number of alkyl halides is 2. The molecule has 0 saturated heterocycles. The van der Waals surface area contributed by atoms with Gasteiger partial charge in [0.05, 0.1) is 13.1 Å². The number of rotatable bonds is 8. The highest BCUT2D eigenvalue weighted by Gasteiger charge is 2.20. The molecule has 28 heavy (non-hydrogen) atoms. The summed E-state index contributed by atoms with van der Waals surface area (Å²) in [6, 6.07) is 3.04. The summed E-state index contributed by atoms with van der Waals surface area (Å²) in [4.78, 5) is 17.7. The van der Waals surface area contributed by atoms with E-state index in [1.165, 1.54) is 11.0 Å². The summed E-state index contributed by atoms with van der Waals surface area (Å²) < 4.78 is 40.6. The molecular weight excluding hydrogens is 374 g/mol. The minimum Gasteiger partial charge on any atom is -0.454 e. The van der Waals surface area contributed by atoms with Gasteiger partial charge < -0.3 is 29.7 Å². The fourth-order valence-electron chi connectivity index (χ4n) is 2.26. The average molecular weight is 400 g/mol. The van der Waals surface area contributed by atoms with E-state index >= 15 is 0 Å². The fraction of sp³-hybridized carbons (Fsp3) is 0.556. The summed E-state index contributed by atoms with van der Waals surface area (Å²) in [6.45, 7) is 1.11. The van der Waals surface area contributed by atoms with Gasteiger partial charge in [-0.25, -0.2) is 4.99 Å². The van der Waals surface area contributed by atoms with Gasteiger partial charge in [-0.3, -0.25) is 4.79 Å². The maximum atomic E-state index is 12.8. The van der Waals surface area contributed by atoms with Crippen molar-refractivity contribution in [2.24, 2.45) is 4.99 Å². The molecule has 156 valence electrons. The number of hydrogen-bond donors (Lipinski definition) is 2. The van der Waals surface area contributed by atoms with Gasteiger partial charge in [-0.2, -0.15) is 8.78 Å². The topological polar surface area (TPSA) is 84.4 Å². The molecule has 2 N–H and O–H groups in total. The minimum atomic E-state index is -2.98. The number of guanidine groups is 1. The van der Waals surface area contributed by atoms with Crippen LogP contribution >= 0.6 is 0 Å². The molecule has 0 aromatic heterocycles. The normalized spacial score (nSPS) is 14.0. The van der Waals surface area contributed by atoms with E-state index < -0.39 is 6.61 Å². The SMILES string of the molecule is CCC(C)NC(=NCc1cc2c(cc1OC(F)F)OCO2)NCC(=O)N(C)C. The largest absolute Gasteiger partial charge is 0.454 e. The molecule has 10 heteroatoms. The molecular formula is C18H26F2N4O4. The van der Waals surface area contributed by atoms with Crippen LogP contribution in [0.1, 0.15) is 25.8 Å². The van der Waals surface area contributed by atoms with Crippen LogP contribution in [0.3, 0.4) is 0 Å². The zero-order chi connectivity index (χ0) is 20.7. The van der Waals surface area contributed by atoms with E-state index in [1.54, 1.807) is 20.2 Å². The lowest BCUT2D eigenvalue weighted by Gasteiger charge is -2.18. The molecule has 1 aromatic carbocycles. The Kier molecular flexibility index (Phi) is 7.65. The van der Waals surface area contributed by atoms with Crippen LogP contribution in [-0.4, -0.2) is 56.9 Å². The van der Waals surface area contributed by atoms with E-state index in [9.17, 15) is 13.6 Å². The quantitative estimate of drug-likeness (QED) is 0.513. The molecule has 2 rings (SSSR count). The van der Waals surface area contributed by atoms with Gasteiger partial charge in [-0.1, -0.05) is 6.92 Å². The van der Waals surface area contributed by atoms with Crippen molar-refractivity contribution >= 4 is 11.9 Å². The Labute approximate surface area is 162 Å². The van der Waals surface area contributed by atoms with Crippen LogP contribution < -0.4 is 24.8 Å². The number of carbonyl (C=O) groups is 1. The van der Waals surface area contributed by atoms with E-state index in [-0.39, 0.29) is 37.6 Å². The van der Waals surface area contributed by atoms with E-state index in [0.717, 1.165) is 6.42 Å². The molecule has 0 bridgehead atoms. The smallest absolute Gasteiger partial charge is 0.387 e. The molecule has 1 atom stereocenters. The van der Waals surface area contributed by atoms with Gasteiger partial charge >= 0.3 is 6.61 Å². The molecule has 1 aliphatic rings. The van der Waals surface area contributed by atoms with Crippen LogP contribution in [0.15, 0.2) is 17.1 Å². The lowest BCUT2D eigenvalue weighted by atomic mass is 10.1. The molecule has 0 aliphatic carbocycles. The highest BCUT2D eigenvalue weighted by Crippen LogP contribution is 2.39. The molecule has 1 unspecified atom stereocenters. The number of halogens is 2. The third-order valence-electron chi connectivity index (χ3n) is 4.08. The van der Waals surface area contributed by atoms with Crippen LogP contribution in [0.2, 0.25) is 0 Å².